The van der Waals surface area contributed by atoms with Gasteiger partial charge in [-0.2, -0.15) is 0 Å². The van der Waals surface area contributed by atoms with Crippen molar-refractivity contribution in [1.82, 2.24) is 4.90 Å². The largest absolute Gasteiger partial charge is 0.381 e. The Morgan fingerprint density at radius 2 is 2.40 bits per heavy atom. The Hall–Kier alpha value is -1.83. The molecule has 0 aromatic heterocycles. The van der Waals surface area contributed by atoms with Crippen LogP contribution in [-0.2, 0) is 16.1 Å². The molecule has 106 valence electrons. The van der Waals surface area contributed by atoms with Crippen molar-refractivity contribution in [2.24, 2.45) is 11.7 Å². The molecule has 1 unspecified atom stereocenters. The Kier molecular flexibility index (Phi) is 5.16. The minimum absolute atomic E-state index is 0.0141. The van der Waals surface area contributed by atoms with Crippen molar-refractivity contribution in [2.45, 2.75) is 13.0 Å². The quantitative estimate of drug-likeness (QED) is 0.835. The lowest BCUT2D eigenvalue weighted by atomic mass is 10.1. The summed E-state index contributed by atoms with van der Waals surface area (Å²) in [5.74, 6) is 6.00. The van der Waals surface area contributed by atoms with Crippen molar-refractivity contribution in [3.8, 4) is 11.8 Å². The highest BCUT2D eigenvalue weighted by molar-refractivity contribution is 5.78. The van der Waals surface area contributed by atoms with Gasteiger partial charge in [-0.05, 0) is 24.1 Å². The molecule has 2 rings (SSSR count). The summed E-state index contributed by atoms with van der Waals surface area (Å²) in [5, 5.41) is 0. The van der Waals surface area contributed by atoms with Crippen molar-refractivity contribution in [3.63, 3.8) is 0 Å². The fourth-order valence-electron chi connectivity index (χ4n) is 2.29. The van der Waals surface area contributed by atoms with Gasteiger partial charge in [0.25, 0.3) is 0 Å². The summed E-state index contributed by atoms with van der Waals surface area (Å²) < 4.78 is 5.26. The molecule has 1 amide bonds. The van der Waals surface area contributed by atoms with Crippen LogP contribution in [0.1, 0.15) is 17.5 Å². The van der Waals surface area contributed by atoms with Gasteiger partial charge in [-0.1, -0.05) is 24.0 Å². The third-order valence-electron chi connectivity index (χ3n) is 3.34. The van der Waals surface area contributed by atoms with E-state index in [-0.39, 0.29) is 11.8 Å². The van der Waals surface area contributed by atoms with Crippen LogP contribution >= 0.6 is 0 Å². The number of rotatable bonds is 3. The number of hydrogen-bond donors (Lipinski definition) is 1. The first-order chi connectivity index (χ1) is 9.70. The van der Waals surface area contributed by atoms with E-state index < -0.39 is 0 Å². The lowest BCUT2D eigenvalue weighted by Crippen LogP contribution is -2.32. The molecule has 4 heteroatoms. The molecule has 2 N–H and O–H groups in total. The first-order valence-corrected chi connectivity index (χ1v) is 6.81. The topological polar surface area (TPSA) is 55.6 Å². The minimum atomic E-state index is 0.0141. The van der Waals surface area contributed by atoms with Crippen LogP contribution in [0.3, 0.4) is 0 Å². The molecule has 1 aromatic carbocycles. The number of amides is 1. The van der Waals surface area contributed by atoms with Gasteiger partial charge in [0.05, 0.1) is 19.1 Å². The van der Waals surface area contributed by atoms with E-state index in [9.17, 15) is 4.79 Å². The highest BCUT2D eigenvalue weighted by Gasteiger charge is 2.26. The maximum atomic E-state index is 12.2. The lowest BCUT2D eigenvalue weighted by Gasteiger charge is -2.20. The van der Waals surface area contributed by atoms with Gasteiger partial charge in [-0.3, -0.25) is 4.79 Å². The molecular formula is C16H20N2O2. The number of nitrogens with zero attached hydrogens (tertiary/aromatic N) is 1. The Morgan fingerprint density at radius 3 is 3.10 bits per heavy atom. The maximum absolute atomic E-state index is 12.2. The monoisotopic (exact) mass is 272 g/mol. The van der Waals surface area contributed by atoms with Gasteiger partial charge in [-0.25, -0.2) is 0 Å². The molecule has 1 atom stereocenters. The second kappa shape index (κ2) is 7.09. The molecule has 4 nitrogen and oxygen atoms in total. The van der Waals surface area contributed by atoms with E-state index in [0.717, 1.165) is 17.5 Å². The second-order valence-corrected chi connectivity index (χ2v) is 4.96. The predicted molar refractivity (Wildman–Crippen MR) is 77.8 cm³/mol. The van der Waals surface area contributed by atoms with Crippen LogP contribution in [0.4, 0.5) is 0 Å². The summed E-state index contributed by atoms with van der Waals surface area (Å²) in [6, 6.07) is 7.89. The van der Waals surface area contributed by atoms with Crippen LogP contribution in [0.2, 0.25) is 0 Å². The molecule has 0 bridgehead atoms. The SMILES string of the molecule is CN(Cc1cccc(C#CCN)c1)C(=O)C1CCOC1. The highest BCUT2D eigenvalue weighted by atomic mass is 16.5. The summed E-state index contributed by atoms with van der Waals surface area (Å²) in [4.78, 5) is 14.0. The van der Waals surface area contributed by atoms with E-state index >= 15 is 0 Å². The van der Waals surface area contributed by atoms with Crippen LogP contribution in [-0.4, -0.2) is 37.6 Å². The van der Waals surface area contributed by atoms with Gasteiger partial charge in [0.2, 0.25) is 5.91 Å². The number of carbonyl (C=O) groups excluding carboxylic acids is 1. The summed E-state index contributed by atoms with van der Waals surface area (Å²) in [7, 11) is 1.83. The Bertz CT molecular complexity index is 525. The number of ether oxygens (including phenoxy) is 1. The molecule has 1 saturated heterocycles. The van der Waals surface area contributed by atoms with Crippen molar-refractivity contribution in [3.05, 3.63) is 35.4 Å². The fraction of sp³-hybridized carbons (Fsp3) is 0.438. The molecule has 1 aliphatic rings. The van der Waals surface area contributed by atoms with Crippen molar-refractivity contribution in [1.29, 1.82) is 0 Å². The van der Waals surface area contributed by atoms with E-state index in [1.54, 1.807) is 4.90 Å². The highest BCUT2D eigenvalue weighted by Crippen LogP contribution is 2.16. The zero-order chi connectivity index (χ0) is 14.4. The second-order valence-electron chi connectivity index (χ2n) is 4.96. The molecule has 1 heterocycles. The Balaban J connectivity index is 1.99. The van der Waals surface area contributed by atoms with E-state index in [0.29, 0.717) is 26.3 Å². The molecule has 0 saturated carbocycles. The molecule has 1 fully saturated rings. The van der Waals surface area contributed by atoms with Gasteiger partial charge in [0, 0.05) is 25.8 Å². The van der Waals surface area contributed by atoms with Crippen LogP contribution in [0.25, 0.3) is 0 Å². The van der Waals surface area contributed by atoms with Crippen molar-refractivity contribution in [2.75, 3.05) is 26.8 Å². The lowest BCUT2D eigenvalue weighted by molar-refractivity contribution is -0.134. The standard InChI is InChI=1S/C16H20N2O2/c1-18(16(19)15-7-9-20-12-15)11-14-5-2-4-13(10-14)6-3-8-17/h2,4-5,10,15H,7-9,11-12,17H2,1H3. The molecule has 1 aromatic rings. The first-order valence-electron chi connectivity index (χ1n) is 6.81. The summed E-state index contributed by atoms with van der Waals surface area (Å²) in [6.07, 6.45) is 0.825. The van der Waals surface area contributed by atoms with Crippen LogP contribution < -0.4 is 5.73 Å². The molecule has 0 radical (unpaired) electrons. The van der Waals surface area contributed by atoms with Crippen LogP contribution in [0.5, 0.6) is 0 Å². The Labute approximate surface area is 119 Å². The average Bonchev–Trinajstić information content (AvgIpc) is 2.98. The van der Waals surface area contributed by atoms with Crippen molar-refractivity contribution >= 4 is 5.91 Å². The van der Waals surface area contributed by atoms with E-state index in [4.69, 9.17) is 10.5 Å². The molecular weight excluding hydrogens is 252 g/mol. The maximum Gasteiger partial charge on any atom is 0.228 e. The van der Waals surface area contributed by atoms with Gasteiger partial charge in [0.1, 0.15) is 0 Å². The molecule has 1 aliphatic heterocycles. The number of carbonyl (C=O) groups is 1. The van der Waals surface area contributed by atoms with E-state index in [1.165, 1.54) is 0 Å². The summed E-state index contributed by atoms with van der Waals surface area (Å²) in [5.41, 5.74) is 7.37. The third kappa shape index (κ3) is 3.83. The number of benzene rings is 1. The third-order valence-corrected chi connectivity index (χ3v) is 3.34. The van der Waals surface area contributed by atoms with Gasteiger partial charge in [0.15, 0.2) is 0 Å². The normalized spacial score (nSPS) is 17.4. The van der Waals surface area contributed by atoms with Crippen LogP contribution in [0.15, 0.2) is 24.3 Å². The minimum Gasteiger partial charge on any atom is -0.381 e. The average molecular weight is 272 g/mol. The summed E-state index contributed by atoms with van der Waals surface area (Å²) in [6.45, 7) is 2.18. The zero-order valence-corrected chi connectivity index (χ0v) is 11.8. The fourth-order valence-corrected chi connectivity index (χ4v) is 2.29. The molecule has 0 aliphatic carbocycles. The van der Waals surface area contributed by atoms with E-state index in [1.807, 2.05) is 31.3 Å². The van der Waals surface area contributed by atoms with Crippen molar-refractivity contribution < 1.29 is 9.53 Å². The van der Waals surface area contributed by atoms with E-state index in [2.05, 4.69) is 11.8 Å². The molecule has 20 heavy (non-hydrogen) atoms. The van der Waals surface area contributed by atoms with Crippen LogP contribution in [0, 0.1) is 17.8 Å². The zero-order valence-electron chi connectivity index (χ0n) is 11.8. The molecule has 0 spiro atoms. The number of nitrogens with two attached hydrogens (primary N) is 1. The predicted octanol–water partition coefficient (Wildman–Crippen LogP) is 0.992. The summed E-state index contributed by atoms with van der Waals surface area (Å²) >= 11 is 0. The van der Waals surface area contributed by atoms with Gasteiger partial charge in [-0.15, -0.1) is 0 Å². The first kappa shape index (κ1) is 14.6. The smallest absolute Gasteiger partial charge is 0.228 e. The van der Waals surface area contributed by atoms with Gasteiger partial charge >= 0.3 is 0 Å². The number of hydrogen-bond acceptors (Lipinski definition) is 3. The van der Waals surface area contributed by atoms with Gasteiger partial charge < -0.3 is 15.4 Å². The Morgan fingerprint density at radius 1 is 1.55 bits per heavy atom.